The van der Waals surface area contributed by atoms with E-state index >= 15 is 0 Å². The van der Waals surface area contributed by atoms with Gasteiger partial charge in [0.25, 0.3) is 0 Å². The second kappa shape index (κ2) is 3.34. The van der Waals surface area contributed by atoms with Crippen molar-refractivity contribution in [1.29, 1.82) is 0 Å². The molecule has 0 unspecified atom stereocenters. The van der Waals surface area contributed by atoms with Crippen LogP contribution in [0.25, 0.3) is 0 Å². The van der Waals surface area contributed by atoms with Crippen LogP contribution in [0.15, 0.2) is 12.4 Å². The number of aliphatic hydroxyl groups is 1. The molecule has 0 saturated carbocycles. The van der Waals surface area contributed by atoms with Crippen LogP contribution >= 0.6 is 0 Å². The lowest BCUT2D eigenvalue weighted by molar-refractivity contribution is 0.246. The molecule has 0 fully saturated rings. The summed E-state index contributed by atoms with van der Waals surface area (Å²) in [6.07, 6.45) is 3.39. The highest BCUT2D eigenvalue weighted by Gasteiger charge is 2.07. The van der Waals surface area contributed by atoms with Gasteiger partial charge in [0, 0.05) is 12.4 Å². The summed E-state index contributed by atoms with van der Waals surface area (Å²) in [6, 6.07) is -0.0741. The molecule has 10 heavy (non-hydrogen) atoms. The van der Waals surface area contributed by atoms with Gasteiger partial charge in [-0.05, 0) is 7.05 Å². The Bertz CT molecular complexity index is 169. The fourth-order valence-corrected chi connectivity index (χ4v) is 0.783. The van der Waals surface area contributed by atoms with Crippen molar-refractivity contribution in [3.05, 3.63) is 18.2 Å². The number of nitrogens with zero attached hydrogens (tertiary/aromatic N) is 1. The van der Waals surface area contributed by atoms with Crippen molar-refractivity contribution in [2.45, 2.75) is 6.04 Å². The van der Waals surface area contributed by atoms with Crippen LogP contribution in [0, 0.1) is 0 Å². The number of hydrogen-bond donors (Lipinski definition) is 3. The number of H-pyrrole nitrogens is 1. The highest BCUT2D eigenvalue weighted by molar-refractivity contribution is 4.94. The highest BCUT2D eigenvalue weighted by Crippen LogP contribution is 2.03. The van der Waals surface area contributed by atoms with E-state index in [1.165, 1.54) is 0 Å². The van der Waals surface area contributed by atoms with Crippen LogP contribution in [0.5, 0.6) is 0 Å². The van der Waals surface area contributed by atoms with Gasteiger partial charge in [-0.15, -0.1) is 0 Å². The second-order valence-electron chi connectivity index (χ2n) is 2.00. The number of imidazole rings is 1. The Morgan fingerprint density at radius 2 is 2.70 bits per heavy atom. The third-order valence-corrected chi connectivity index (χ3v) is 1.38. The maximum atomic E-state index is 8.78. The van der Waals surface area contributed by atoms with Gasteiger partial charge < -0.3 is 15.4 Å². The predicted octanol–water partition coefficient (Wildman–Crippen LogP) is -0.338. The third-order valence-electron chi connectivity index (χ3n) is 1.38. The first-order valence-corrected chi connectivity index (χ1v) is 3.16. The van der Waals surface area contributed by atoms with E-state index in [2.05, 4.69) is 15.3 Å². The molecule has 0 saturated heterocycles. The minimum atomic E-state index is -0.0741. The van der Waals surface area contributed by atoms with E-state index in [0.29, 0.717) is 0 Å². The molecule has 0 bridgehead atoms. The van der Waals surface area contributed by atoms with Gasteiger partial charge in [-0.1, -0.05) is 0 Å². The lowest BCUT2D eigenvalue weighted by atomic mass is 10.3. The Hall–Kier alpha value is -0.870. The zero-order valence-electron chi connectivity index (χ0n) is 5.83. The SMILES string of the molecule is CN[C@@H](CO)c1ncc[nH]1. The average Bonchev–Trinajstić information content (AvgIpc) is 2.43. The molecule has 0 aliphatic rings. The minimum absolute atomic E-state index is 0.0595. The van der Waals surface area contributed by atoms with E-state index in [-0.39, 0.29) is 12.6 Å². The largest absolute Gasteiger partial charge is 0.394 e. The van der Waals surface area contributed by atoms with Gasteiger partial charge in [-0.3, -0.25) is 0 Å². The summed E-state index contributed by atoms with van der Waals surface area (Å²) in [6.45, 7) is 0.0595. The van der Waals surface area contributed by atoms with Crippen LogP contribution in [-0.2, 0) is 0 Å². The van der Waals surface area contributed by atoms with Crippen molar-refractivity contribution in [3.63, 3.8) is 0 Å². The van der Waals surface area contributed by atoms with Crippen molar-refractivity contribution in [2.24, 2.45) is 0 Å². The molecular formula is C6H11N3O. The van der Waals surface area contributed by atoms with Crippen LogP contribution < -0.4 is 5.32 Å². The number of aromatic nitrogens is 2. The van der Waals surface area contributed by atoms with E-state index in [4.69, 9.17) is 5.11 Å². The van der Waals surface area contributed by atoms with Crippen molar-refractivity contribution in [3.8, 4) is 0 Å². The maximum Gasteiger partial charge on any atom is 0.125 e. The maximum absolute atomic E-state index is 8.78. The standard InChI is InChI=1S/C6H11N3O/c1-7-5(4-10)6-8-2-3-9-6/h2-3,5,7,10H,4H2,1H3,(H,8,9)/t5-/m0/s1. The topological polar surface area (TPSA) is 60.9 Å². The van der Waals surface area contributed by atoms with Crippen molar-refractivity contribution in [2.75, 3.05) is 13.7 Å². The van der Waals surface area contributed by atoms with Crippen LogP contribution in [0.1, 0.15) is 11.9 Å². The second-order valence-corrected chi connectivity index (χ2v) is 2.00. The van der Waals surface area contributed by atoms with Gasteiger partial charge in [-0.2, -0.15) is 0 Å². The smallest absolute Gasteiger partial charge is 0.125 e. The number of likely N-dealkylation sites (N-methyl/N-ethyl adjacent to an activating group) is 1. The molecule has 0 aliphatic heterocycles. The number of aliphatic hydroxyl groups excluding tert-OH is 1. The minimum Gasteiger partial charge on any atom is -0.394 e. The molecule has 1 heterocycles. The van der Waals surface area contributed by atoms with Crippen molar-refractivity contribution in [1.82, 2.24) is 15.3 Å². The van der Waals surface area contributed by atoms with Crippen LogP contribution in [-0.4, -0.2) is 28.7 Å². The number of nitrogens with one attached hydrogen (secondary N) is 2. The Balaban J connectivity index is 2.64. The Morgan fingerprint density at radius 1 is 1.90 bits per heavy atom. The molecule has 0 radical (unpaired) electrons. The molecule has 0 spiro atoms. The Kier molecular flexibility index (Phi) is 2.42. The predicted molar refractivity (Wildman–Crippen MR) is 37.5 cm³/mol. The van der Waals surface area contributed by atoms with E-state index in [1.54, 1.807) is 19.4 Å². The van der Waals surface area contributed by atoms with E-state index in [9.17, 15) is 0 Å². The van der Waals surface area contributed by atoms with Crippen LogP contribution in [0.3, 0.4) is 0 Å². The highest BCUT2D eigenvalue weighted by atomic mass is 16.3. The lowest BCUT2D eigenvalue weighted by Gasteiger charge is -2.08. The zero-order chi connectivity index (χ0) is 7.40. The molecule has 0 amide bonds. The molecule has 1 aromatic heterocycles. The van der Waals surface area contributed by atoms with Gasteiger partial charge in [0.05, 0.1) is 12.6 Å². The summed E-state index contributed by atoms with van der Waals surface area (Å²) in [5.74, 6) is 0.769. The van der Waals surface area contributed by atoms with Crippen molar-refractivity contribution >= 4 is 0 Å². The molecule has 4 nitrogen and oxygen atoms in total. The van der Waals surface area contributed by atoms with E-state index < -0.39 is 0 Å². The molecule has 0 aliphatic carbocycles. The average molecular weight is 141 g/mol. The summed E-state index contributed by atoms with van der Waals surface area (Å²) < 4.78 is 0. The first-order chi connectivity index (χ1) is 4.88. The lowest BCUT2D eigenvalue weighted by Crippen LogP contribution is -2.21. The van der Waals surface area contributed by atoms with E-state index in [1.807, 2.05) is 0 Å². The quantitative estimate of drug-likeness (QED) is 0.539. The monoisotopic (exact) mass is 141 g/mol. The molecule has 56 valence electrons. The van der Waals surface area contributed by atoms with E-state index in [0.717, 1.165) is 5.82 Å². The molecular weight excluding hydrogens is 130 g/mol. The first kappa shape index (κ1) is 7.24. The Labute approximate surface area is 59.3 Å². The summed E-state index contributed by atoms with van der Waals surface area (Å²) in [5, 5.41) is 11.7. The van der Waals surface area contributed by atoms with Crippen molar-refractivity contribution < 1.29 is 5.11 Å². The fraction of sp³-hybridized carbons (Fsp3) is 0.500. The van der Waals surface area contributed by atoms with Gasteiger partial charge >= 0.3 is 0 Å². The molecule has 1 rings (SSSR count). The van der Waals surface area contributed by atoms with Gasteiger partial charge in [0.15, 0.2) is 0 Å². The molecule has 3 N–H and O–H groups in total. The summed E-state index contributed by atoms with van der Waals surface area (Å²) in [7, 11) is 1.78. The molecule has 0 aromatic carbocycles. The number of rotatable bonds is 3. The van der Waals surface area contributed by atoms with Gasteiger partial charge in [-0.25, -0.2) is 4.98 Å². The van der Waals surface area contributed by atoms with Crippen LogP contribution in [0.4, 0.5) is 0 Å². The van der Waals surface area contributed by atoms with Crippen LogP contribution in [0.2, 0.25) is 0 Å². The summed E-state index contributed by atoms with van der Waals surface area (Å²) in [4.78, 5) is 6.89. The van der Waals surface area contributed by atoms with Gasteiger partial charge in [0.2, 0.25) is 0 Å². The number of hydrogen-bond acceptors (Lipinski definition) is 3. The zero-order valence-corrected chi connectivity index (χ0v) is 5.83. The molecule has 1 atom stereocenters. The fourth-order valence-electron chi connectivity index (χ4n) is 0.783. The van der Waals surface area contributed by atoms with Gasteiger partial charge in [0.1, 0.15) is 5.82 Å². The molecule has 4 heteroatoms. The summed E-state index contributed by atoms with van der Waals surface area (Å²) in [5.41, 5.74) is 0. The Morgan fingerprint density at radius 3 is 3.10 bits per heavy atom. The summed E-state index contributed by atoms with van der Waals surface area (Å²) >= 11 is 0. The molecule has 1 aromatic rings. The normalized spacial score (nSPS) is 13.4. The first-order valence-electron chi connectivity index (χ1n) is 3.16. The number of aromatic amines is 1. The third kappa shape index (κ3) is 1.34.